The molecule has 0 aromatic heterocycles. The van der Waals surface area contributed by atoms with Crippen LogP contribution in [-0.2, 0) is 55.8 Å². The van der Waals surface area contributed by atoms with Crippen LogP contribution in [0.3, 0.4) is 0 Å². The van der Waals surface area contributed by atoms with Gasteiger partial charge in [0.2, 0.25) is 0 Å². The summed E-state index contributed by atoms with van der Waals surface area (Å²) in [5.74, 6) is -1.56. The van der Waals surface area contributed by atoms with E-state index in [2.05, 4.69) is 130 Å². The van der Waals surface area contributed by atoms with Gasteiger partial charge < -0.3 is 34.2 Å². The Bertz CT molecular complexity index is 2380. The lowest BCUT2D eigenvalue weighted by molar-refractivity contribution is -0.161. The van der Waals surface area contributed by atoms with Crippen LogP contribution in [0.5, 0.6) is 0 Å². The molecule has 0 aromatic carbocycles. The molecule has 16 nitrogen and oxygen atoms in total. The molecule has 0 amide bonds. The van der Waals surface area contributed by atoms with Crippen LogP contribution < -0.4 is 0 Å². The first kappa shape index (κ1) is 103. The molecular formula is C89H158O16P2. The van der Waals surface area contributed by atoms with Crippen LogP contribution >= 0.6 is 15.6 Å². The van der Waals surface area contributed by atoms with Crippen molar-refractivity contribution in [1.82, 2.24) is 0 Å². The lowest BCUT2D eigenvalue weighted by Gasteiger charge is -2.21. The first-order chi connectivity index (χ1) is 52.2. The summed E-state index contributed by atoms with van der Waals surface area (Å²) in [6, 6.07) is 0. The number of carbonyl (C=O) groups is 3. The van der Waals surface area contributed by atoms with Gasteiger partial charge in [-0.05, 0) is 109 Å². The van der Waals surface area contributed by atoms with E-state index in [1.807, 2.05) is 0 Å². The van der Waals surface area contributed by atoms with Crippen LogP contribution in [0.4, 0.5) is 0 Å². The van der Waals surface area contributed by atoms with Gasteiger partial charge in [-0.1, -0.05) is 361 Å². The third-order valence-electron chi connectivity index (χ3n) is 18.5. The number of carbonyl (C=O) groups excluding carboxylic acids is 3. The van der Waals surface area contributed by atoms with Gasteiger partial charge in [0.05, 0.1) is 26.4 Å². The summed E-state index contributed by atoms with van der Waals surface area (Å²) in [5, 5.41) is 20.7. The molecule has 0 radical (unpaired) electrons. The van der Waals surface area contributed by atoms with Crippen LogP contribution in [0, 0.1) is 0 Å². The average molecular weight is 1550 g/mol. The predicted molar refractivity (Wildman–Crippen MR) is 445 cm³/mol. The molecule has 0 rings (SSSR count). The van der Waals surface area contributed by atoms with Crippen molar-refractivity contribution >= 4 is 33.6 Å². The zero-order valence-electron chi connectivity index (χ0n) is 68.0. The molecule has 620 valence electrons. The fourth-order valence-corrected chi connectivity index (χ4v) is 13.5. The van der Waals surface area contributed by atoms with Gasteiger partial charge in [-0.3, -0.25) is 32.5 Å². The van der Waals surface area contributed by atoms with E-state index < -0.39 is 91.5 Å². The van der Waals surface area contributed by atoms with E-state index in [9.17, 15) is 43.5 Å². The van der Waals surface area contributed by atoms with Gasteiger partial charge in [0, 0.05) is 19.3 Å². The van der Waals surface area contributed by atoms with Gasteiger partial charge in [0.25, 0.3) is 0 Å². The molecule has 18 heteroatoms. The lowest BCUT2D eigenvalue weighted by atomic mass is 10.0. The topological polar surface area (TPSA) is 231 Å². The van der Waals surface area contributed by atoms with Crippen molar-refractivity contribution in [2.24, 2.45) is 0 Å². The van der Waals surface area contributed by atoms with E-state index >= 15 is 0 Å². The highest BCUT2D eigenvalue weighted by Gasteiger charge is 2.29. The number of unbranched alkanes of at least 4 members (excludes halogenated alkanes) is 41. The Morgan fingerprint density at radius 1 is 0.271 bits per heavy atom. The van der Waals surface area contributed by atoms with E-state index in [-0.39, 0.29) is 19.3 Å². The molecule has 107 heavy (non-hydrogen) atoms. The zero-order valence-corrected chi connectivity index (χ0v) is 69.8. The van der Waals surface area contributed by atoms with Gasteiger partial charge >= 0.3 is 33.6 Å². The fourth-order valence-electron chi connectivity index (χ4n) is 11.9. The fraction of sp³-hybridized carbons (Fsp3) is 0.764. The van der Waals surface area contributed by atoms with E-state index in [1.165, 1.54) is 186 Å². The molecule has 0 aromatic rings. The monoisotopic (exact) mass is 1550 g/mol. The molecule has 5 unspecified atom stereocenters. The quantitative estimate of drug-likeness (QED) is 0.0146. The number of phosphoric acid groups is 2. The molecule has 0 spiro atoms. The normalized spacial score (nSPS) is 14.4. The summed E-state index contributed by atoms with van der Waals surface area (Å²) in [7, 11) is -9.79. The van der Waals surface area contributed by atoms with Gasteiger partial charge in [-0.15, -0.1) is 0 Å². The SMILES string of the molecule is CC/C=C\C/C=C\C/C=C\C/C=C\C/C=C\CCCCCCCCCCCCCCCC(=O)OCC(O)COP(=O)(O)OCC(O)COP(=O)(O)OCC(COC(=O)CCCCCCCCCCCCC/C=C\C/C=C\C/C=C\C/C=C\CCCCC)OC(=O)CCCCCCCCCCCCCCCCC. The number of allylic oxidation sites excluding steroid dienone is 18. The molecule has 0 saturated heterocycles. The van der Waals surface area contributed by atoms with Crippen LogP contribution in [0.15, 0.2) is 109 Å². The van der Waals surface area contributed by atoms with Gasteiger partial charge in [0.1, 0.15) is 25.4 Å². The molecule has 0 aliphatic rings. The first-order valence-corrected chi connectivity index (χ1v) is 46.2. The summed E-state index contributed by atoms with van der Waals surface area (Å²) in [6.07, 6.45) is 97.0. The average Bonchev–Trinajstić information content (AvgIpc) is 0.914. The Balaban J connectivity index is 4.51. The van der Waals surface area contributed by atoms with Crippen molar-refractivity contribution < 1.29 is 75.8 Å². The third kappa shape index (κ3) is 83.0. The van der Waals surface area contributed by atoms with E-state index in [4.69, 9.17) is 32.3 Å². The largest absolute Gasteiger partial charge is 0.472 e. The number of esters is 3. The highest BCUT2D eigenvalue weighted by atomic mass is 31.2. The zero-order chi connectivity index (χ0) is 78.0. The number of aliphatic hydroxyl groups is 2. The number of hydrogen-bond donors (Lipinski definition) is 4. The predicted octanol–water partition coefficient (Wildman–Crippen LogP) is 25.9. The van der Waals surface area contributed by atoms with Crippen molar-refractivity contribution in [1.29, 1.82) is 0 Å². The second-order valence-electron chi connectivity index (χ2n) is 29.0. The van der Waals surface area contributed by atoms with E-state index in [1.54, 1.807) is 0 Å². The second kappa shape index (κ2) is 81.7. The van der Waals surface area contributed by atoms with Crippen LogP contribution in [0.25, 0.3) is 0 Å². The van der Waals surface area contributed by atoms with E-state index in [0.29, 0.717) is 19.3 Å². The molecule has 0 aliphatic heterocycles. The molecule has 0 heterocycles. The number of aliphatic hydroxyl groups excluding tert-OH is 2. The van der Waals surface area contributed by atoms with Crippen LogP contribution in [0.1, 0.15) is 380 Å². The lowest BCUT2D eigenvalue weighted by Crippen LogP contribution is -2.30. The van der Waals surface area contributed by atoms with E-state index in [0.717, 1.165) is 135 Å². The van der Waals surface area contributed by atoms with Crippen molar-refractivity contribution in [2.45, 2.75) is 399 Å². The standard InChI is InChI=1S/C89H158O16P2/c1-4-7-10-13-16-19-22-25-28-30-32-34-36-38-40-41-43-45-46-48-50-52-55-57-60-63-66-69-72-75-87(92)99-78-84(90)79-101-106(95,96)102-80-85(91)81-103-107(97,98)104-83-86(105-89(94)77-74-71-68-65-62-59-54-27-24-21-18-15-12-9-6-3)82-100-88(93)76-73-70-67-64-61-58-56-53-51-49-47-44-42-39-37-35-33-31-29-26-23-20-17-14-11-8-5-2/h7,10,16-17,19-20,25-26,28-29,32-35,38-40,42,84-86,90-91H,4-6,8-9,11-15,18,21-24,27,30-31,36-37,41,43-83H2,1-3H3,(H,95,96)(H,97,98)/b10-7-,19-16-,20-17-,28-25-,29-26-,34-32-,35-33-,40-38-,42-39-. The first-order valence-electron chi connectivity index (χ1n) is 43.2. The third-order valence-corrected chi connectivity index (χ3v) is 20.4. The van der Waals surface area contributed by atoms with Crippen LogP contribution in [0.2, 0.25) is 0 Å². The maximum Gasteiger partial charge on any atom is 0.472 e. The maximum atomic E-state index is 13.0. The summed E-state index contributed by atoms with van der Waals surface area (Å²) in [4.78, 5) is 58.8. The Labute approximate surface area is 653 Å². The van der Waals surface area contributed by atoms with Crippen molar-refractivity contribution in [2.75, 3.05) is 39.6 Å². The van der Waals surface area contributed by atoms with Crippen molar-refractivity contribution in [3.05, 3.63) is 109 Å². The minimum atomic E-state index is -4.93. The number of rotatable bonds is 82. The molecule has 0 aliphatic carbocycles. The molecular weight excluding hydrogens is 1390 g/mol. The number of phosphoric ester groups is 2. The molecule has 4 N–H and O–H groups in total. The van der Waals surface area contributed by atoms with Gasteiger partial charge in [-0.2, -0.15) is 0 Å². The molecule has 5 atom stereocenters. The Morgan fingerprint density at radius 2 is 0.495 bits per heavy atom. The van der Waals surface area contributed by atoms with Gasteiger partial charge in [-0.25, -0.2) is 9.13 Å². The summed E-state index contributed by atoms with van der Waals surface area (Å²) < 4.78 is 61.3. The maximum absolute atomic E-state index is 13.0. The smallest absolute Gasteiger partial charge is 0.463 e. The Kier molecular flexibility index (Phi) is 78.8. The highest BCUT2D eigenvalue weighted by molar-refractivity contribution is 7.47. The molecule has 0 saturated carbocycles. The minimum absolute atomic E-state index is 0.108. The second-order valence-corrected chi connectivity index (χ2v) is 31.9. The summed E-state index contributed by atoms with van der Waals surface area (Å²) >= 11 is 0. The Hall–Kier alpha value is -3.79. The van der Waals surface area contributed by atoms with Crippen LogP contribution in [-0.4, -0.2) is 95.9 Å². The summed E-state index contributed by atoms with van der Waals surface area (Å²) in [6.45, 7) is 2.60. The highest BCUT2D eigenvalue weighted by Crippen LogP contribution is 2.45. The summed E-state index contributed by atoms with van der Waals surface area (Å²) in [5.41, 5.74) is 0. The minimum Gasteiger partial charge on any atom is -0.463 e. The van der Waals surface area contributed by atoms with Crippen molar-refractivity contribution in [3.8, 4) is 0 Å². The van der Waals surface area contributed by atoms with Gasteiger partial charge in [0.15, 0.2) is 6.10 Å². The number of ether oxygens (including phenoxy) is 3. The molecule has 0 bridgehead atoms. The van der Waals surface area contributed by atoms with Crippen molar-refractivity contribution in [3.63, 3.8) is 0 Å². The molecule has 0 fully saturated rings. The Morgan fingerprint density at radius 3 is 0.804 bits per heavy atom. The number of hydrogen-bond acceptors (Lipinski definition) is 14.